The minimum Gasteiger partial charge on any atom is -0.296 e. The summed E-state index contributed by atoms with van der Waals surface area (Å²) in [4.78, 5) is 12.3. The van der Waals surface area contributed by atoms with E-state index in [0.29, 0.717) is 0 Å². The van der Waals surface area contributed by atoms with Gasteiger partial charge in [0.2, 0.25) is 0 Å². The molecule has 0 aliphatic carbocycles. The molecule has 2 aromatic carbocycles. The Labute approximate surface area is 171 Å². The van der Waals surface area contributed by atoms with E-state index in [1.165, 1.54) is 10.8 Å². The normalized spacial score (nSPS) is 19.6. The van der Waals surface area contributed by atoms with Crippen LogP contribution in [0.1, 0.15) is 31.4 Å². The van der Waals surface area contributed by atoms with Crippen LogP contribution in [0.4, 0.5) is 0 Å². The molecule has 29 heavy (non-hydrogen) atoms. The molecule has 1 aliphatic rings. The lowest BCUT2D eigenvalue weighted by Crippen LogP contribution is -2.53. The Morgan fingerprint density at radius 3 is 2.28 bits per heavy atom. The van der Waals surface area contributed by atoms with Crippen LogP contribution in [0, 0.1) is 5.41 Å². The van der Waals surface area contributed by atoms with Gasteiger partial charge in [0.05, 0.1) is 22.4 Å². The first-order valence-electron chi connectivity index (χ1n) is 10.3. The standard InChI is InChI=1S/C25H26N4/c1-25(2)16-26-24(23-14-12-19-8-4-6-10-22(19)28-23)29(17-25)15-20-13-11-18-7-3-5-9-21(18)27-20/h3-14,24,26H,15-17H2,1-2H3/t24-/m0/s1. The van der Waals surface area contributed by atoms with Crippen molar-refractivity contribution in [2.45, 2.75) is 26.6 Å². The molecule has 4 aromatic rings. The fraction of sp³-hybridized carbons (Fsp3) is 0.280. The Hall–Kier alpha value is -2.82. The molecule has 3 heterocycles. The number of nitrogens with one attached hydrogen (secondary N) is 1. The molecule has 0 bridgehead atoms. The molecule has 5 rings (SSSR count). The highest BCUT2D eigenvalue weighted by Gasteiger charge is 2.34. The minimum absolute atomic E-state index is 0.0842. The highest BCUT2D eigenvalue weighted by molar-refractivity contribution is 5.79. The van der Waals surface area contributed by atoms with Gasteiger partial charge in [-0.3, -0.25) is 15.2 Å². The molecule has 146 valence electrons. The summed E-state index contributed by atoms with van der Waals surface area (Å²) >= 11 is 0. The summed E-state index contributed by atoms with van der Waals surface area (Å²) in [7, 11) is 0. The van der Waals surface area contributed by atoms with Crippen LogP contribution >= 0.6 is 0 Å². The highest BCUT2D eigenvalue weighted by Crippen LogP contribution is 2.31. The SMILES string of the molecule is CC1(C)CN[C@H](c2ccc3ccccc3n2)N(Cc2ccc3ccccc3n2)C1. The van der Waals surface area contributed by atoms with Crippen molar-refractivity contribution in [3.05, 3.63) is 84.2 Å². The predicted octanol–water partition coefficient (Wildman–Crippen LogP) is 4.91. The predicted molar refractivity (Wildman–Crippen MR) is 118 cm³/mol. The van der Waals surface area contributed by atoms with Crippen molar-refractivity contribution in [3.8, 4) is 0 Å². The molecule has 1 aliphatic heterocycles. The molecule has 4 nitrogen and oxygen atoms in total. The van der Waals surface area contributed by atoms with Crippen LogP contribution in [-0.4, -0.2) is 28.0 Å². The Bertz CT molecular complexity index is 1170. The maximum absolute atomic E-state index is 4.96. The van der Waals surface area contributed by atoms with Gasteiger partial charge in [0.1, 0.15) is 6.17 Å². The van der Waals surface area contributed by atoms with E-state index in [1.54, 1.807) is 0 Å². The molecule has 1 atom stereocenters. The topological polar surface area (TPSA) is 41.1 Å². The van der Waals surface area contributed by atoms with Crippen LogP contribution < -0.4 is 5.32 Å². The summed E-state index contributed by atoms with van der Waals surface area (Å²) in [5, 5.41) is 6.09. The molecule has 1 fully saturated rings. The van der Waals surface area contributed by atoms with Gasteiger partial charge in [-0.05, 0) is 29.7 Å². The maximum Gasteiger partial charge on any atom is 0.104 e. The van der Waals surface area contributed by atoms with Crippen molar-refractivity contribution in [3.63, 3.8) is 0 Å². The van der Waals surface area contributed by atoms with Gasteiger partial charge in [-0.25, -0.2) is 4.98 Å². The Balaban J connectivity index is 1.48. The van der Waals surface area contributed by atoms with Crippen LogP contribution in [0.2, 0.25) is 0 Å². The van der Waals surface area contributed by atoms with Gasteiger partial charge in [0.25, 0.3) is 0 Å². The van der Waals surface area contributed by atoms with E-state index in [1.807, 2.05) is 12.1 Å². The minimum atomic E-state index is 0.0842. The third-order valence-electron chi connectivity index (χ3n) is 5.69. The zero-order valence-corrected chi connectivity index (χ0v) is 17.0. The third kappa shape index (κ3) is 3.74. The largest absolute Gasteiger partial charge is 0.296 e. The van der Waals surface area contributed by atoms with E-state index in [-0.39, 0.29) is 11.6 Å². The number of nitrogens with zero attached hydrogens (tertiary/aromatic N) is 3. The second-order valence-electron chi connectivity index (χ2n) is 8.78. The second-order valence-corrected chi connectivity index (χ2v) is 8.78. The van der Waals surface area contributed by atoms with Crippen molar-refractivity contribution in [2.24, 2.45) is 5.41 Å². The average molecular weight is 383 g/mol. The first-order chi connectivity index (χ1) is 14.1. The number of hydrogen-bond acceptors (Lipinski definition) is 4. The van der Waals surface area contributed by atoms with Gasteiger partial charge in [-0.15, -0.1) is 0 Å². The van der Waals surface area contributed by atoms with E-state index in [4.69, 9.17) is 9.97 Å². The number of aromatic nitrogens is 2. The van der Waals surface area contributed by atoms with Gasteiger partial charge < -0.3 is 0 Å². The molecular formula is C25H26N4. The summed E-state index contributed by atoms with van der Waals surface area (Å²) < 4.78 is 0. The van der Waals surface area contributed by atoms with Crippen molar-refractivity contribution in [1.29, 1.82) is 0 Å². The number of fused-ring (bicyclic) bond motifs is 2. The lowest BCUT2D eigenvalue weighted by atomic mass is 9.89. The molecule has 2 aromatic heterocycles. The number of hydrogen-bond donors (Lipinski definition) is 1. The molecular weight excluding hydrogens is 356 g/mol. The zero-order chi connectivity index (χ0) is 19.8. The fourth-order valence-electron chi connectivity index (χ4n) is 4.28. The van der Waals surface area contributed by atoms with Crippen molar-refractivity contribution >= 4 is 21.8 Å². The maximum atomic E-state index is 4.96. The van der Waals surface area contributed by atoms with Crippen LogP contribution in [0.3, 0.4) is 0 Å². The zero-order valence-electron chi connectivity index (χ0n) is 17.0. The summed E-state index contributed by atoms with van der Waals surface area (Å²) in [6, 6.07) is 25.2. The Morgan fingerprint density at radius 1 is 0.862 bits per heavy atom. The van der Waals surface area contributed by atoms with E-state index in [2.05, 4.69) is 84.7 Å². The number of pyridine rings is 2. The summed E-state index contributed by atoms with van der Waals surface area (Å²) in [5.41, 5.74) is 4.45. The first kappa shape index (κ1) is 18.2. The summed E-state index contributed by atoms with van der Waals surface area (Å²) in [6.45, 7) is 7.37. The number of benzene rings is 2. The summed E-state index contributed by atoms with van der Waals surface area (Å²) in [6.07, 6.45) is 0.0842. The number of para-hydroxylation sites is 2. The highest BCUT2D eigenvalue weighted by atomic mass is 15.3. The van der Waals surface area contributed by atoms with E-state index < -0.39 is 0 Å². The van der Waals surface area contributed by atoms with Crippen LogP contribution in [0.5, 0.6) is 0 Å². The lowest BCUT2D eigenvalue weighted by molar-refractivity contribution is 0.0443. The third-order valence-corrected chi connectivity index (χ3v) is 5.69. The van der Waals surface area contributed by atoms with Crippen LogP contribution in [0.25, 0.3) is 21.8 Å². The second kappa shape index (κ2) is 7.21. The van der Waals surface area contributed by atoms with Crippen LogP contribution in [0.15, 0.2) is 72.8 Å². The van der Waals surface area contributed by atoms with E-state index in [0.717, 1.165) is 42.1 Å². The van der Waals surface area contributed by atoms with E-state index in [9.17, 15) is 0 Å². The number of rotatable bonds is 3. The molecule has 4 heteroatoms. The average Bonchev–Trinajstić information content (AvgIpc) is 2.73. The van der Waals surface area contributed by atoms with Gasteiger partial charge in [-0.1, -0.05) is 62.4 Å². The Morgan fingerprint density at radius 2 is 1.52 bits per heavy atom. The molecule has 0 amide bonds. The van der Waals surface area contributed by atoms with Gasteiger partial charge in [0, 0.05) is 30.4 Å². The fourth-order valence-corrected chi connectivity index (χ4v) is 4.28. The molecule has 0 unspecified atom stereocenters. The lowest BCUT2D eigenvalue weighted by Gasteiger charge is -2.44. The quantitative estimate of drug-likeness (QED) is 0.546. The molecule has 0 spiro atoms. The van der Waals surface area contributed by atoms with Crippen LogP contribution in [-0.2, 0) is 6.54 Å². The van der Waals surface area contributed by atoms with Gasteiger partial charge >= 0.3 is 0 Å². The van der Waals surface area contributed by atoms with Crippen molar-refractivity contribution in [1.82, 2.24) is 20.2 Å². The van der Waals surface area contributed by atoms with Crippen molar-refractivity contribution in [2.75, 3.05) is 13.1 Å². The molecule has 0 radical (unpaired) electrons. The molecule has 1 saturated heterocycles. The Kier molecular flexibility index (Phi) is 4.53. The smallest absolute Gasteiger partial charge is 0.104 e. The summed E-state index contributed by atoms with van der Waals surface area (Å²) in [5.74, 6) is 0. The molecule has 0 saturated carbocycles. The first-order valence-corrected chi connectivity index (χ1v) is 10.3. The van der Waals surface area contributed by atoms with Crippen molar-refractivity contribution < 1.29 is 0 Å². The van der Waals surface area contributed by atoms with Gasteiger partial charge in [-0.2, -0.15) is 0 Å². The van der Waals surface area contributed by atoms with E-state index >= 15 is 0 Å². The molecule has 1 N–H and O–H groups in total. The monoisotopic (exact) mass is 382 g/mol. The van der Waals surface area contributed by atoms with Gasteiger partial charge in [0.15, 0.2) is 0 Å².